The molecule has 24 heavy (non-hydrogen) atoms. The monoisotopic (exact) mass is 351 g/mol. The first-order chi connectivity index (χ1) is 11.2. The Morgan fingerprint density at radius 1 is 0.875 bits per heavy atom. The van der Waals surface area contributed by atoms with E-state index in [0.29, 0.717) is 6.79 Å². The maximum absolute atomic E-state index is 5.43. The second-order valence-corrected chi connectivity index (χ2v) is 5.69. The van der Waals surface area contributed by atoms with Gasteiger partial charge in [-0.2, -0.15) is 0 Å². The molecule has 1 unspecified atom stereocenters. The van der Waals surface area contributed by atoms with Crippen molar-refractivity contribution in [1.82, 2.24) is 0 Å². The molecule has 1 aliphatic heterocycles. The van der Waals surface area contributed by atoms with Gasteiger partial charge < -0.3 is 36.3 Å². The Balaban J connectivity index is 0.00000208. The van der Waals surface area contributed by atoms with E-state index in [2.05, 4.69) is 25.2 Å². The van der Waals surface area contributed by atoms with Crippen molar-refractivity contribution in [1.29, 1.82) is 0 Å². The zero-order chi connectivity index (χ0) is 16.2. The molecule has 2 aromatic rings. The van der Waals surface area contributed by atoms with E-state index in [1.165, 1.54) is 16.0 Å². The molecule has 1 heterocycles. The molecule has 0 saturated heterocycles. The molecule has 3 rings (SSSR count). The van der Waals surface area contributed by atoms with Gasteiger partial charge in [-0.15, -0.1) is 0 Å². The highest BCUT2D eigenvalue weighted by atomic mass is 35.5. The van der Waals surface area contributed by atoms with Crippen molar-refractivity contribution < 1.29 is 36.3 Å². The topological polar surface area (TPSA) is 41.4 Å². The SMILES string of the molecule is COc1ccc(C[NH+](C)Cc2ccc3c(c2)OCO3)cc1OC.[Cl-]. The van der Waals surface area contributed by atoms with Gasteiger partial charge in [0.2, 0.25) is 6.79 Å². The van der Waals surface area contributed by atoms with Crippen LogP contribution in [0.1, 0.15) is 11.1 Å². The summed E-state index contributed by atoms with van der Waals surface area (Å²) in [6.45, 7) is 2.12. The molecule has 0 bridgehead atoms. The molecule has 1 aliphatic rings. The van der Waals surface area contributed by atoms with Gasteiger partial charge in [-0.1, -0.05) is 0 Å². The van der Waals surface area contributed by atoms with Crippen molar-refractivity contribution in [2.45, 2.75) is 13.1 Å². The van der Waals surface area contributed by atoms with Crippen LogP contribution in [0.2, 0.25) is 0 Å². The van der Waals surface area contributed by atoms with Gasteiger partial charge in [0.15, 0.2) is 23.0 Å². The van der Waals surface area contributed by atoms with E-state index >= 15 is 0 Å². The molecule has 0 amide bonds. The van der Waals surface area contributed by atoms with Crippen LogP contribution in [-0.2, 0) is 13.1 Å². The number of fused-ring (bicyclic) bond motifs is 1. The fraction of sp³-hybridized carbons (Fsp3) is 0.333. The third-order valence-corrected chi connectivity index (χ3v) is 3.90. The number of hydrogen-bond acceptors (Lipinski definition) is 4. The first-order valence-electron chi connectivity index (χ1n) is 7.60. The lowest BCUT2D eigenvalue weighted by atomic mass is 10.1. The van der Waals surface area contributed by atoms with Crippen LogP contribution in [0.25, 0.3) is 0 Å². The van der Waals surface area contributed by atoms with E-state index in [1.807, 2.05) is 18.2 Å². The summed E-state index contributed by atoms with van der Waals surface area (Å²) in [6, 6.07) is 12.2. The van der Waals surface area contributed by atoms with Crippen LogP contribution < -0.4 is 36.3 Å². The van der Waals surface area contributed by atoms with Crippen LogP contribution in [0.3, 0.4) is 0 Å². The molecule has 5 nitrogen and oxygen atoms in total. The van der Waals surface area contributed by atoms with Gasteiger partial charge in [0, 0.05) is 11.1 Å². The third-order valence-electron chi connectivity index (χ3n) is 3.90. The number of quaternary nitrogens is 1. The molecular weight excluding hydrogens is 330 g/mol. The largest absolute Gasteiger partial charge is 1.00 e. The Morgan fingerprint density at radius 2 is 1.50 bits per heavy atom. The van der Waals surface area contributed by atoms with E-state index in [9.17, 15) is 0 Å². The van der Waals surface area contributed by atoms with E-state index in [0.717, 1.165) is 36.1 Å². The summed E-state index contributed by atoms with van der Waals surface area (Å²) < 4.78 is 21.4. The third kappa shape index (κ3) is 4.04. The fourth-order valence-corrected chi connectivity index (χ4v) is 2.80. The Hall–Kier alpha value is -2.11. The van der Waals surface area contributed by atoms with E-state index < -0.39 is 0 Å². The normalized spacial score (nSPS) is 13.1. The molecule has 6 heteroatoms. The fourth-order valence-electron chi connectivity index (χ4n) is 2.80. The Kier molecular flexibility index (Phi) is 6.17. The minimum atomic E-state index is 0. The minimum absolute atomic E-state index is 0. The van der Waals surface area contributed by atoms with Crippen LogP contribution in [0.5, 0.6) is 23.0 Å². The number of benzene rings is 2. The maximum Gasteiger partial charge on any atom is 0.231 e. The van der Waals surface area contributed by atoms with Crippen LogP contribution in [-0.4, -0.2) is 28.1 Å². The predicted molar refractivity (Wildman–Crippen MR) is 86.4 cm³/mol. The molecule has 0 aromatic heterocycles. The number of hydrogen-bond donors (Lipinski definition) is 1. The van der Waals surface area contributed by atoms with Crippen molar-refractivity contribution in [2.75, 3.05) is 28.1 Å². The van der Waals surface area contributed by atoms with Gasteiger partial charge in [-0.05, 0) is 36.4 Å². The zero-order valence-corrected chi connectivity index (χ0v) is 14.9. The number of rotatable bonds is 6. The summed E-state index contributed by atoms with van der Waals surface area (Å²) >= 11 is 0. The summed E-state index contributed by atoms with van der Waals surface area (Å²) in [5.74, 6) is 3.18. The van der Waals surface area contributed by atoms with Crippen LogP contribution >= 0.6 is 0 Å². The first kappa shape index (κ1) is 18.2. The maximum atomic E-state index is 5.43. The van der Waals surface area contributed by atoms with E-state index in [1.54, 1.807) is 14.2 Å². The summed E-state index contributed by atoms with van der Waals surface area (Å²) in [7, 11) is 5.47. The van der Waals surface area contributed by atoms with Gasteiger partial charge in [0.25, 0.3) is 0 Å². The summed E-state index contributed by atoms with van der Waals surface area (Å²) in [5, 5.41) is 0. The van der Waals surface area contributed by atoms with E-state index in [4.69, 9.17) is 18.9 Å². The summed E-state index contributed by atoms with van der Waals surface area (Å²) in [6.07, 6.45) is 0. The lowest BCUT2D eigenvalue weighted by Gasteiger charge is -2.16. The average Bonchev–Trinajstić information content (AvgIpc) is 3.02. The van der Waals surface area contributed by atoms with Gasteiger partial charge in [0.05, 0.1) is 21.3 Å². The minimum Gasteiger partial charge on any atom is -1.00 e. The Labute approximate surface area is 148 Å². The highest BCUT2D eigenvalue weighted by Gasteiger charge is 2.15. The molecule has 1 N–H and O–H groups in total. The van der Waals surface area contributed by atoms with Crippen molar-refractivity contribution in [3.05, 3.63) is 47.5 Å². The van der Waals surface area contributed by atoms with Gasteiger partial charge >= 0.3 is 0 Å². The van der Waals surface area contributed by atoms with Crippen molar-refractivity contribution in [2.24, 2.45) is 0 Å². The molecular formula is C18H22ClNO4. The molecule has 130 valence electrons. The first-order valence-corrected chi connectivity index (χ1v) is 7.60. The quantitative estimate of drug-likeness (QED) is 0.699. The Morgan fingerprint density at radius 3 is 2.21 bits per heavy atom. The van der Waals surface area contributed by atoms with Crippen LogP contribution in [0.4, 0.5) is 0 Å². The molecule has 0 radical (unpaired) electrons. The smallest absolute Gasteiger partial charge is 0.231 e. The molecule has 0 fully saturated rings. The Bertz CT molecular complexity index is 693. The average molecular weight is 352 g/mol. The molecule has 0 saturated carbocycles. The van der Waals surface area contributed by atoms with Crippen LogP contribution in [0.15, 0.2) is 36.4 Å². The highest BCUT2D eigenvalue weighted by molar-refractivity contribution is 5.44. The summed E-state index contributed by atoms with van der Waals surface area (Å²) in [5.41, 5.74) is 2.44. The molecule has 0 aliphatic carbocycles. The lowest BCUT2D eigenvalue weighted by molar-refractivity contribution is -0.907. The summed E-state index contributed by atoms with van der Waals surface area (Å²) in [4.78, 5) is 1.37. The lowest BCUT2D eigenvalue weighted by Crippen LogP contribution is -3.06. The van der Waals surface area contributed by atoms with E-state index in [-0.39, 0.29) is 12.4 Å². The van der Waals surface area contributed by atoms with Gasteiger partial charge in [-0.3, -0.25) is 0 Å². The number of methoxy groups -OCH3 is 2. The van der Waals surface area contributed by atoms with Gasteiger partial charge in [-0.25, -0.2) is 0 Å². The van der Waals surface area contributed by atoms with Crippen molar-refractivity contribution >= 4 is 0 Å². The second kappa shape index (κ2) is 8.13. The number of ether oxygens (including phenoxy) is 4. The molecule has 1 atom stereocenters. The van der Waals surface area contributed by atoms with Crippen molar-refractivity contribution in [3.8, 4) is 23.0 Å². The highest BCUT2D eigenvalue weighted by Crippen LogP contribution is 2.32. The van der Waals surface area contributed by atoms with Crippen molar-refractivity contribution in [3.63, 3.8) is 0 Å². The molecule has 2 aromatic carbocycles. The zero-order valence-electron chi connectivity index (χ0n) is 14.1. The number of halogens is 1. The second-order valence-electron chi connectivity index (χ2n) is 5.69. The standard InChI is InChI=1S/C18H21NO4.ClH/c1-19(10-13-4-6-15(20-2)17(8-13)21-3)11-14-5-7-16-18(9-14)23-12-22-16;/h4-9H,10-12H2,1-3H3;1H. The number of nitrogens with one attached hydrogen (secondary N) is 1. The van der Waals surface area contributed by atoms with Crippen LogP contribution in [0, 0.1) is 0 Å². The van der Waals surface area contributed by atoms with Gasteiger partial charge in [0.1, 0.15) is 13.1 Å². The predicted octanol–water partition coefficient (Wildman–Crippen LogP) is -1.35. The molecule has 0 spiro atoms.